The van der Waals surface area contributed by atoms with Gasteiger partial charge in [0, 0.05) is 5.75 Å². The molecule has 1 heterocycles. The normalized spacial score (nSPS) is 11.3. The van der Waals surface area contributed by atoms with Gasteiger partial charge in [0.05, 0.1) is 23.0 Å². The van der Waals surface area contributed by atoms with E-state index in [-0.39, 0.29) is 18.3 Å². The van der Waals surface area contributed by atoms with Crippen molar-refractivity contribution in [3.63, 3.8) is 0 Å². The van der Waals surface area contributed by atoms with Crippen LogP contribution in [0.4, 0.5) is 5.69 Å². The first-order chi connectivity index (χ1) is 12.7. The van der Waals surface area contributed by atoms with Crippen molar-refractivity contribution in [3.8, 4) is 0 Å². The van der Waals surface area contributed by atoms with E-state index in [9.17, 15) is 4.79 Å². The molecule has 140 valence electrons. The molecule has 4 nitrogen and oxygen atoms in total. The molecule has 0 aliphatic heterocycles. The Bertz CT molecular complexity index is 829. The Kier molecular flexibility index (Phi) is 8.33. The summed E-state index contributed by atoms with van der Waals surface area (Å²) in [5.74, 6) is 0.655. The van der Waals surface area contributed by atoms with E-state index < -0.39 is 6.04 Å². The topological polar surface area (TPSA) is 68.0 Å². The Morgan fingerprint density at radius 1 is 0.963 bits per heavy atom. The van der Waals surface area contributed by atoms with Crippen LogP contribution in [0.5, 0.6) is 0 Å². The Morgan fingerprint density at radius 2 is 1.59 bits per heavy atom. The van der Waals surface area contributed by atoms with Crippen molar-refractivity contribution < 1.29 is 4.79 Å². The molecule has 0 radical (unpaired) electrons. The van der Waals surface area contributed by atoms with Crippen LogP contribution in [0, 0.1) is 0 Å². The Balaban J connectivity index is 0.00000261. The fourth-order valence-electron chi connectivity index (χ4n) is 2.47. The van der Waals surface area contributed by atoms with Crippen molar-refractivity contribution in [3.05, 3.63) is 90.1 Å². The summed E-state index contributed by atoms with van der Waals surface area (Å²) in [5.41, 5.74) is 8.95. The Morgan fingerprint density at radius 3 is 2.19 bits per heavy atom. The van der Waals surface area contributed by atoms with Crippen molar-refractivity contribution in [1.29, 1.82) is 0 Å². The molecule has 0 spiro atoms. The molecule has 2 aromatic carbocycles. The number of anilines is 1. The van der Waals surface area contributed by atoms with E-state index in [4.69, 9.17) is 5.73 Å². The minimum atomic E-state index is -0.593. The molecule has 0 aliphatic rings. The van der Waals surface area contributed by atoms with Crippen molar-refractivity contribution in [2.24, 2.45) is 5.73 Å². The van der Waals surface area contributed by atoms with Crippen LogP contribution >= 0.6 is 24.2 Å². The number of hydrogen-bond donors (Lipinski definition) is 2. The Hall–Kier alpha value is -2.34. The van der Waals surface area contributed by atoms with Crippen LogP contribution in [0.3, 0.4) is 0 Å². The molecule has 27 heavy (non-hydrogen) atoms. The number of nitrogens with one attached hydrogen (secondary N) is 1. The molecule has 0 saturated carbocycles. The predicted molar refractivity (Wildman–Crippen MR) is 114 cm³/mol. The van der Waals surface area contributed by atoms with E-state index in [0.29, 0.717) is 12.1 Å². The van der Waals surface area contributed by atoms with E-state index in [1.807, 2.05) is 60.7 Å². The highest BCUT2D eigenvalue weighted by Gasteiger charge is 2.14. The highest BCUT2D eigenvalue weighted by molar-refractivity contribution is 7.98. The van der Waals surface area contributed by atoms with Gasteiger partial charge in [-0.3, -0.25) is 4.79 Å². The second-order valence-electron chi connectivity index (χ2n) is 5.94. The first-order valence-electron chi connectivity index (χ1n) is 8.44. The van der Waals surface area contributed by atoms with Gasteiger partial charge in [-0.25, -0.2) is 4.98 Å². The third kappa shape index (κ3) is 6.71. The summed E-state index contributed by atoms with van der Waals surface area (Å²) in [4.78, 5) is 16.6. The lowest BCUT2D eigenvalue weighted by atomic mass is 10.1. The molecular weight excluding hydrogens is 378 g/mol. The molecule has 0 bridgehead atoms. The summed E-state index contributed by atoms with van der Waals surface area (Å²) >= 11 is 1.66. The highest BCUT2D eigenvalue weighted by atomic mass is 35.5. The number of benzene rings is 2. The van der Waals surface area contributed by atoms with Crippen LogP contribution in [0.15, 0.2) is 84.0 Å². The largest absolute Gasteiger partial charge is 0.323 e. The van der Waals surface area contributed by atoms with Crippen LogP contribution < -0.4 is 11.1 Å². The molecule has 1 atom stereocenters. The standard InChI is InChI=1S/C21H21N3OS.ClH/c22-19(13-16-7-3-1-4-8-16)21(25)24-18-11-12-20(23-14-18)26-15-17-9-5-2-6-10-17;/h1-12,14,19H,13,15,22H2,(H,24,25);1H. The number of thioether (sulfide) groups is 1. The molecule has 3 aromatic rings. The maximum absolute atomic E-state index is 12.2. The minimum absolute atomic E-state index is 0. The fraction of sp³-hybridized carbons (Fsp3) is 0.143. The molecule has 0 aliphatic carbocycles. The molecule has 1 amide bonds. The van der Waals surface area contributed by atoms with Gasteiger partial charge in [0.2, 0.25) is 5.91 Å². The summed E-state index contributed by atoms with van der Waals surface area (Å²) < 4.78 is 0. The summed E-state index contributed by atoms with van der Waals surface area (Å²) in [6.07, 6.45) is 2.17. The number of nitrogens with two attached hydrogens (primary N) is 1. The highest BCUT2D eigenvalue weighted by Crippen LogP contribution is 2.21. The van der Waals surface area contributed by atoms with Gasteiger partial charge < -0.3 is 11.1 Å². The van der Waals surface area contributed by atoms with Gasteiger partial charge in [-0.2, -0.15) is 0 Å². The van der Waals surface area contributed by atoms with Crippen molar-refractivity contribution in [2.45, 2.75) is 23.2 Å². The van der Waals surface area contributed by atoms with Gasteiger partial charge >= 0.3 is 0 Å². The van der Waals surface area contributed by atoms with Crippen molar-refractivity contribution in [1.82, 2.24) is 4.98 Å². The number of pyridine rings is 1. The lowest BCUT2D eigenvalue weighted by Gasteiger charge is -2.12. The quantitative estimate of drug-likeness (QED) is 0.581. The summed E-state index contributed by atoms with van der Waals surface area (Å²) in [6, 6.07) is 23.2. The summed E-state index contributed by atoms with van der Waals surface area (Å²) in [5, 5.41) is 3.74. The van der Waals surface area contributed by atoms with E-state index in [1.165, 1.54) is 5.56 Å². The SMILES string of the molecule is Cl.NC(Cc1ccccc1)C(=O)Nc1ccc(SCc2ccccc2)nc1. The van der Waals surface area contributed by atoms with E-state index in [0.717, 1.165) is 16.3 Å². The number of rotatable bonds is 7. The summed E-state index contributed by atoms with van der Waals surface area (Å²) in [6.45, 7) is 0. The lowest BCUT2D eigenvalue weighted by Crippen LogP contribution is -2.37. The number of halogens is 1. The van der Waals surface area contributed by atoms with Crippen LogP contribution in [0.1, 0.15) is 11.1 Å². The number of carbonyl (C=O) groups is 1. The predicted octanol–water partition coefficient (Wildman–Crippen LogP) is 4.30. The molecule has 0 saturated heterocycles. The van der Waals surface area contributed by atoms with Gasteiger partial charge in [-0.05, 0) is 29.7 Å². The average molecular weight is 400 g/mol. The van der Waals surface area contributed by atoms with E-state index >= 15 is 0 Å². The first-order valence-corrected chi connectivity index (χ1v) is 9.42. The molecule has 6 heteroatoms. The smallest absolute Gasteiger partial charge is 0.241 e. The minimum Gasteiger partial charge on any atom is -0.323 e. The maximum Gasteiger partial charge on any atom is 0.241 e. The maximum atomic E-state index is 12.2. The average Bonchev–Trinajstić information content (AvgIpc) is 2.69. The fourth-order valence-corrected chi connectivity index (χ4v) is 3.27. The molecule has 3 rings (SSSR count). The second-order valence-corrected chi connectivity index (χ2v) is 6.94. The number of hydrogen-bond acceptors (Lipinski definition) is 4. The van der Waals surface area contributed by atoms with Gasteiger partial charge in [-0.1, -0.05) is 60.7 Å². The lowest BCUT2D eigenvalue weighted by molar-refractivity contribution is -0.117. The number of aromatic nitrogens is 1. The molecule has 1 aromatic heterocycles. The van der Waals surface area contributed by atoms with E-state index in [1.54, 1.807) is 18.0 Å². The summed E-state index contributed by atoms with van der Waals surface area (Å²) in [7, 11) is 0. The number of carbonyl (C=O) groups excluding carboxylic acids is 1. The molecule has 0 fully saturated rings. The van der Waals surface area contributed by atoms with Gasteiger partial charge in [0.15, 0.2) is 0 Å². The van der Waals surface area contributed by atoms with Gasteiger partial charge in [0.25, 0.3) is 0 Å². The van der Waals surface area contributed by atoms with Crippen LogP contribution in [-0.4, -0.2) is 16.9 Å². The first kappa shape index (κ1) is 21.0. The van der Waals surface area contributed by atoms with Gasteiger partial charge in [0.1, 0.15) is 0 Å². The molecule has 3 N–H and O–H groups in total. The van der Waals surface area contributed by atoms with Crippen LogP contribution in [0.2, 0.25) is 0 Å². The number of nitrogens with zero attached hydrogens (tertiary/aromatic N) is 1. The van der Waals surface area contributed by atoms with Crippen molar-refractivity contribution in [2.75, 3.05) is 5.32 Å². The monoisotopic (exact) mass is 399 g/mol. The third-order valence-electron chi connectivity index (χ3n) is 3.87. The second kappa shape index (κ2) is 10.7. The molecule has 1 unspecified atom stereocenters. The number of amides is 1. The zero-order valence-electron chi connectivity index (χ0n) is 14.7. The van der Waals surface area contributed by atoms with Gasteiger partial charge in [-0.15, -0.1) is 24.2 Å². The zero-order chi connectivity index (χ0) is 18.2. The van der Waals surface area contributed by atoms with Crippen molar-refractivity contribution >= 4 is 35.8 Å². The molecular formula is C21H22ClN3OS. The Labute approximate surface area is 170 Å². The third-order valence-corrected chi connectivity index (χ3v) is 4.88. The van der Waals surface area contributed by atoms with Crippen LogP contribution in [-0.2, 0) is 17.0 Å². The zero-order valence-corrected chi connectivity index (χ0v) is 16.4. The van der Waals surface area contributed by atoms with E-state index in [2.05, 4.69) is 22.4 Å². The van der Waals surface area contributed by atoms with Crippen LogP contribution in [0.25, 0.3) is 0 Å².